The smallest absolute Gasteiger partial charge is 0.241 e. The van der Waals surface area contributed by atoms with E-state index in [1.54, 1.807) is 17.9 Å². The molecule has 2 heterocycles. The molecule has 19 heavy (non-hydrogen) atoms. The maximum Gasteiger partial charge on any atom is 0.241 e. The van der Waals surface area contributed by atoms with E-state index in [9.17, 15) is 4.79 Å². The zero-order valence-electron chi connectivity index (χ0n) is 11.3. The molecule has 2 N–H and O–H groups in total. The van der Waals surface area contributed by atoms with Crippen molar-refractivity contribution in [1.82, 2.24) is 20.4 Å². The minimum Gasteiger partial charge on any atom is -0.353 e. The highest BCUT2D eigenvalue weighted by atomic mass is 32.2. The van der Waals surface area contributed by atoms with Crippen LogP contribution in [0.15, 0.2) is 12.4 Å². The highest BCUT2D eigenvalue weighted by Gasteiger charge is 2.21. The topological polar surface area (TPSA) is 59.0 Å². The molecule has 2 atom stereocenters. The van der Waals surface area contributed by atoms with Crippen LogP contribution in [0, 0.1) is 0 Å². The molecule has 1 aromatic rings. The summed E-state index contributed by atoms with van der Waals surface area (Å²) in [4.78, 5) is 12.2. The zero-order chi connectivity index (χ0) is 13.7. The van der Waals surface area contributed by atoms with Crippen molar-refractivity contribution in [2.75, 3.05) is 30.9 Å². The molecule has 1 aliphatic heterocycles. The van der Waals surface area contributed by atoms with Gasteiger partial charge in [-0.15, -0.1) is 0 Å². The first-order valence-electron chi connectivity index (χ1n) is 6.33. The number of thioether (sulfide) groups is 2. The number of likely N-dealkylation sites (N-methyl/N-ethyl adjacent to an activating group) is 1. The second-order valence-corrected chi connectivity index (χ2v) is 7.04. The van der Waals surface area contributed by atoms with Crippen LogP contribution in [0.3, 0.4) is 0 Å². The van der Waals surface area contributed by atoms with Crippen LogP contribution in [0.2, 0.25) is 0 Å². The summed E-state index contributed by atoms with van der Waals surface area (Å²) in [5.74, 6) is 3.56. The minimum atomic E-state index is -0.324. The zero-order valence-corrected chi connectivity index (χ0v) is 12.9. The van der Waals surface area contributed by atoms with E-state index >= 15 is 0 Å². The van der Waals surface area contributed by atoms with Crippen LogP contribution in [0.5, 0.6) is 0 Å². The summed E-state index contributed by atoms with van der Waals surface area (Å²) in [5.41, 5.74) is 0.896. The van der Waals surface area contributed by atoms with Crippen LogP contribution < -0.4 is 10.6 Å². The highest BCUT2D eigenvalue weighted by molar-refractivity contribution is 8.06. The Labute approximate surface area is 122 Å². The predicted molar refractivity (Wildman–Crippen MR) is 81.6 cm³/mol. The van der Waals surface area contributed by atoms with Gasteiger partial charge in [-0.2, -0.15) is 28.6 Å². The molecule has 2 rings (SSSR count). The van der Waals surface area contributed by atoms with E-state index in [-0.39, 0.29) is 11.9 Å². The average molecular weight is 300 g/mol. The first-order chi connectivity index (χ1) is 9.20. The lowest BCUT2D eigenvalue weighted by Gasteiger charge is -2.22. The van der Waals surface area contributed by atoms with Crippen LogP contribution in [0.4, 0.5) is 0 Å². The normalized spacial score (nSPS) is 21.1. The number of aryl methyl sites for hydroxylation is 1. The molecule has 0 aliphatic carbocycles. The second-order valence-electron chi connectivity index (χ2n) is 4.48. The monoisotopic (exact) mass is 300 g/mol. The Hall–Kier alpha value is -0.660. The molecule has 0 radical (unpaired) electrons. The van der Waals surface area contributed by atoms with Crippen molar-refractivity contribution in [3.8, 4) is 0 Å². The molecule has 2 unspecified atom stereocenters. The molecular weight excluding hydrogens is 280 g/mol. The molecule has 5 nitrogen and oxygen atoms in total. The van der Waals surface area contributed by atoms with Gasteiger partial charge in [0.2, 0.25) is 5.91 Å². The van der Waals surface area contributed by atoms with Gasteiger partial charge >= 0.3 is 0 Å². The summed E-state index contributed by atoms with van der Waals surface area (Å²) in [6, 6.07) is -0.324. The molecule has 7 heteroatoms. The van der Waals surface area contributed by atoms with Crippen LogP contribution in [0.25, 0.3) is 0 Å². The van der Waals surface area contributed by atoms with E-state index in [2.05, 4.69) is 15.7 Å². The third kappa shape index (κ3) is 4.15. The summed E-state index contributed by atoms with van der Waals surface area (Å²) in [6.07, 6.45) is 3.60. The van der Waals surface area contributed by atoms with Gasteiger partial charge in [0.1, 0.15) is 6.04 Å². The summed E-state index contributed by atoms with van der Waals surface area (Å²) in [6.45, 7) is 0.745. The summed E-state index contributed by atoms with van der Waals surface area (Å²) < 4.78 is 1.71. The standard InChI is InChI=1S/C12H20N4OS2/c1-13-11(9-5-15-16(2)7-9)12(17)14-6-10-8-18-3-4-19-10/h5,7,10-11,13H,3-4,6,8H2,1-2H3,(H,14,17). The number of rotatable bonds is 5. The third-order valence-electron chi connectivity index (χ3n) is 3.00. The third-order valence-corrected chi connectivity index (χ3v) is 5.84. The number of hydrogen-bond donors (Lipinski definition) is 2. The number of aromatic nitrogens is 2. The quantitative estimate of drug-likeness (QED) is 0.836. The fraction of sp³-hybridized carbons (Fsp3) is 0.667. The van der Waals surface area contributed by atoms with E-state index in [4.69, 9.17) is 0 Å². The van der Waals surface area contributed by atoms with Crippen molar-refractivity contribution in [1.29, 1.82) is 0 Å². The fourth-order valence-corrected chi connectivity index (χ4v) is 4.62. The van der Waals surface area contributed by atoms with Gasteiger partial charge in [0, 0.05) is 47.9 Å². The lowest BCUT2D eigenvalue weighted by molar-refractivity contribution is -0.123. The predicted octanol–water partition coefficient (Wildman–Crippen LogP) is 0.645. The van der Waals surface area contributed by atoms with Gasteiger partial charge in [0.25, 0.3) is 0 Å². The largest absolute Gasteiger partial charge is 0.353 e. The van der Waals surface area contributed by atoms with Crippen LogP contribution in [-0.4, -0.2) is 51.8 Å². The van der Waals surface area contributed by atoms with Crippen LogP contribution in [-0.2, 0) is 11.8 Å². The SMILES string of the molecule is CNC(C(=O)NCC1CSCCS1)c1cnn(C)c1. The Morgan fingerprint density at radius 3 is 3.05 bits per heavy atom. The number of amides is 1. The summed E-state index contributed by atoms with van der Waals surface area (Å²) >= 11 is 3.92. The van der Waals surface area contributed by atoms with Gasteiger partial charge in [-0.1, -0.05) is 0 Å². The molecule has 1 fully saturated rings. The minimum absolute atomic E-state index is 0.0201. The summed E-state index contributed by atoms with van der Waals surface area (Å²) in [5, 5.41) is 10.7. The van der Waals surface area contributed by atoms with E-state index in [1.165, 1.54) is 11.5 Å². The Morgan fingerprint density at radius 2 is 2.47 bits per heavy atom. The second kappa shape index (κ2) is 7.21. The molecular formula is C12H20N4OS2. The van der Waals surface area contributed by atoms with E-state index < -0.39 is 0 Å². The van der Waals surface area contributed by atoms with Crippen molar-refractivity contribution in [3.63, 3.8) is 0 Å². The molecule has 1 aliphatic rings. The van der Waals surface area contributed by atoms with Crippen molar-refractivity contribution in [2.45, 2.75) is 11.3 Å². The van der Waals surface area contributed by atoms with E-state index in [1.807, 2.05) is 36.8 Å². The number of nitrogens with zero attached hydrogens (tertiary/aromatic N) is 2. The molecule has 1 saturated heterocycles. The van der Waals surface area contributed by atoms with Gasteiger partial charge in [-0.3, -0.25) is 9.48 Å². The van der Waals surface area contributed by atoms with E-state index in [0.717, 1.165) is 17.9 Å². The number of carbonyl (C=O) groups excluding carboxylic acids is 1. The van der Waals surface area contributed by atoms with Gasteiger partial charge in [0.05, 0.1) is 6.20 Å². The Balaban J connectivity index is 1.86. The number of carbonyl (C=O) groups is 1. The number of nitrogens with one attached hydrogen (secondary N) is 2. The van der Waals surface area contributed by atoms with Crippen molar-refractivity contribution in [3.05, 3.63) is 18.0 Å². The molecule has 0 spiro atoms. The molecule has 1 aromatic heterocycles. The Bertz CT molecular complexity index is 418. The van der Waals surface area contributed by atoms with Gasteiger partial charge in [-0.05, 0) is 7.05 Å². The van der Waals surface area contributed by atoms with E-state index in [0.29, 0.717) is 5.25 Å². The molecule has 0 aromatic carbocycles. The fourth-order valence-electron chi connectivity index (χ4n) is 2.01. The molecule has 0 saturated carbocycles. The Morgan fingerprint density at radius 1 is 1.63 bits per heavy atom. The summed E-state index contributed by atoms with van der Waals surface area (Å²) in [7, 11) is 3.65. The lowest BCUT2D eigenvalue weighted by Crippen LogP contribution is -2.40. The molecule has 106 valence electrons. The van der Waals surface area contributed by atoms with Crippen molar-refractivity contribution >= 4 is 29.4 Å². The lowest BCUT2D eigenvalue weighted by atomic mass is 10.1. The first-order valence-corrected chi connectivity index (χ1v) is 8.54. The maximum absolute atomic E-state index is 12.2. The van der Waals surface area contributed by atoms with Gasteiger partial charge in [-0.25, -0.2) is 0 Å². The van der Waals surface area contributed by atoms with Crippen LogP contribution >= 0.6 is 23.5 Å². The molecule has 1 amide bonds. The van der Waals surface area contributed by atoms with Crippen LogP contribution in [0.1, 0.15) is 11.6 Å². The van der Waals surface area contributed by atoms with Gasteiger partial charge < -0.3 is 10.6 Å². The average Bonchev–Trinajstić information content (AvgIpc) is 2.85. The number of hydrogen-bond acceptors (Lipinski definition) is 5. The van der Waals surface area contributed by atoms with Crippen molar-refractivity contribution in [2.24, 2.45) is 7.05 Å². The first kappa shape index (κ1) is 14.7. The molecule has 0 bridgehead atoms. The van der Waals surface area contributed by atoms with Crippen molar-refractivity contribution < 1.29 is 4.79 Å². The Kier molecular flexibility index (Phi) is 5.59. The maximum atomic E-state index is 12.2. The van der Waals surface area contributed by atoms with Gasteiger partial charge in [0.15, 0.2) is 0 Å². The highest BCUT2D eigenvalue weighted by Crippen LogP contribution is 2.23.